The first-order chi connectivity index (χ1) is 12.0. The number of carbonyl (C=O) groups is 2. The van der Waals surface area contributed by atoms with E-state index in [-0.39, 0.29) is 18.0 Å². The van der Waals surface area contributed by atoms with Gasteiger partial charge in [-0.15, -0.1) is 0 Å². The Morgan fingerprint density at radius 2 is 2.12 bits per heavy atom. The molecule has 1 aromatic rings. The number of piperidine rings is 1. The fraction of sp³-hybridized carbons (Fsp3) is 0.579. The van der Waals surface area contributed by atoms with E-state index in [1.807, 2.05) is 11.8 Å². The van der Waals surface area contributed by atoms with Crippen molar-refractivity contribution in [2.45, 2.75) is 44.8 Å². The Hall–Kier alpha value is -2.24. The van der Waals surface area contributed by atoms with Crippen LogP contribution in [0.3, 0.4) is 0 Å². The molecular formula is C19H25N3O3. The molecule has 25 heavy (non-hydrogen) atoms. The smallest absolute Gasteiger partial charge is 0.410 e. The van der Waals surface area contributed by atoms with Crippen LogP contribution in [0.25, 0.3) is 0 Å². The van der Waals surface area contributed by atoms with E-state index < -0.39 is 5.60 Å². The normalized spacial score (nSPS) is 24.2. The Balaban J connectivity index is 1.37. The van der Waals surface area contributed by atoms with Crippen molar-refractivity contribution in [3.63, 3.8) is 0 Å². The van der Waals surface area contributed by atoms with Crippen LogP contribution in [0.15, 0.2) is 18.2 Å². The Labute approximate surface area is 148 Å². The summed E-state index contributed by atoms with van der Waals surface area (Å²) in [6, 6.07) is 6.10. The van der Waals surface area contributed by atoms with E-state index in [0.717, 1.165) is 24.9 Å². The molecule has 0 aromatic heterocycles. The number of hydrogen-bond acceptors (Lipinski definition) is 4. The quantitative estimate of drug-likeness (QED) is 0.894. The van der Waals surface area contributed by atoms with E-state index in [4.69, 9.17) is 4.74 Å². The maximum absolute atomic E-state index is 12.9. The van der Waals surface area contributed by atoms with Crippen molar-refractivity contribution >= 4 is 17.7 Å². The molecule has 1 N–H and O–H groups in total. The van der Waals surface area contributed by atoms with Gasteiger partial charge in [-0.2, -0.15) is 0 Å². The summed E-state index contributed by atoms with van der Waals surface area (Å²) in [7, 11) is 0. The van der Waals surface area contributed by atoms with Gasteiger partial charge in [0.1, 0.15) is 11.6 Å². The van der Waals surface area contributed by atoms with Gasteiger partial charge in [0.05, 0.1) is 6.54 Å². The zero-order chi connectivity index (χ0) is 17.6. The number of anilines is 1. The van der Waals surface area contributed by atoms with Crippen LogP contribution in [0.5, 0.6) is 0 Å². The number of aryl methyl sites for hydroxylation is 1. The number of nitrogens with zero attached hydrogens (tertiary/aromatic N) is 2. The Bertz CT molecular complexity index is 710. The van der Waals surface area contributed by atoms with Crippen LogP contribution in [0.4, 0.5) is 10.5 Å². The Morgan fingerprint density at radius 1 is 1.36 bits per heavy atom. The molecule has 1 atom stereocenters. The van der Waals surface area contributed by atoms with Crippen LogP contribution in [-0.4, -0.2) is 59.6 Å². The van der Waals surface area contributed by atoms with Crippen molar-refractivity contribution in [2.75, 3.05) is 31.5 Å². The minimum atomic E-state index is -0.396. The van der Waals surface area contributed by atoms with Gasteiger partial charge in [-0.1, -0.05) is 17.7 Å². The number of carbonyl (C=O) groups excluding carboxylic acids is 2. The summed E-state index contributed by atoms with van der Waals surface area (Å²) in [6.07, 6.45) is 1.97. The van der Waals surface area contributed by atoms with Crippen LogP contribution in [0.1, 0.15) is 30.9 Å². The van der Waals surface area contributed by atoms with Gasteiger partial charge in [-0.25, -0.2) is 4.79 Å². The van der Waals surface area contributed by atoms with Gasteiger partial charge in [0.15, 0.2) is 0 Å². The van der Waals surface area contributed by atoms with Crippen molar-refractivity contribution in [3.05, 3.63) is 29.3 Å². The molecule has 0 unspecified atom stereocenters. The molecule has 1 aromatic carbocycles. The average molecular weight is 343 g/mol. The first-order valence-electron chi connectivity index (χ1n) is 9.12. The number of ether oxygens (including phenoxy) is 1. The summed E-state index contributed by atoms with van der Waals surface area (Å²) < 4.78 is 5.64. The Kier molecular flexibility index (Phi) is 3.85. The van der Waals surface area contributed by atoms with Crippen molar-refractivity contribution in [1.82, 2.24) is 9.80 Å². The summed E-state index contributed by atoms with van der Waals surface area (Å²) in [5.74, 6) is 0.153. The predicted octanol–water partition coefficient (Wildman–Crippen LogP) is 2.16. The molecule has 0 bridgehead atoms. The number of benzene rings is 1. The van der Waals surface area contributed by atoms with Gasteiger partial charge in [0.2, 0.25) is 5.91 Å². The predicted molar refractivity (Wildman–Crippen MR) is 94.6 cm³/mol. The van der Waals surface area contributed by atoms with E-state index in [9.17, 15) is 9.59 Å². The molecule has 2 saturated heterocycles. The maximum Gasteiger partial charge on any atom is 0.410 e. The second-order valence-electron chi connectivity index (χ2n) is 7.45. The van der Waals surface area contributed by atoms with Gasteiger partial charge in [0.25, 0.3) is 0 Å². The number of fused-ring (bicyclic) bond motifs is 1. The first-order valence-corrected chi connectivity index (χ1v) is 9.12. The molecule has 1 spiro atoms. The fourth-order valence-corrected chi connectivity index (χ4v) is 4.19. The molecule has 4 rings (SSSR count). The lowest BCUT2D eigenvalue weighted by atomic mass is 9.91. The number of nitrogens with one attached hydrogen (secondary N) is 1. The SMILES string of the molecule is CCN1CC2(CCN(C(=O)[C@@H]3Cc4cc(C)ccc4N3)CC2)OC1=O. The van der Waals surface area contributed by atoms with Crippen LogP contribution in [0.2, 0.25) is 0 Å². The largest absolute Gasteiger partial charge is 0.441 e. The molecule has 3 aliphatic rings. The van der Waals surface area contributed by atoms with Crippen LogP contribution in [0, 0.1) is 6.92 Å². The van der Waals surface area contributed by atoms with Crippen LogP contribution >= 0.6 is 0 Å². The third kappa shape index (κ3) is 2.83. The summed E-state index contributed by atoms with van der Waals surface area (Å²) >= 11 is 0. The number of likely N-dealkylation sites (tertiary alicyclic amines) is 1. The maximum atomic E-state index is 12.9. The molecule has 3 aliphatic heterocycles. The standard InChI is InChI=1S/C19H25N3O3/c1-3-21-12-19(25-18(21)24)6-8-22(9-7-19)17(23)16-11-14-10-13(2)4-5-15(14)20-16/h4-5,10,16,20H,3,6-9,11-12H2,1-2H3/t16-/m0/s1. The van der Waals surface area contributed by atoms with Crippen LogP contribution in [-0.2, 0) is 16.0 Å². The van der Waals surface area contributed by atoms with E-state index in [2.05, 4.69) is 30.4 Å². The van der Waals surface area contributed by atoms with Crippen molar-refractivity contribution in [3.8, 4) is 0 Å². The highest BCUT2D eigenvalue weighted by Gasteiger charge is 2.47. The number of rotatable bonds is 2. The van der Waals surface area contributed by atoms with E-state index in [1.165, 1.54) is 11.1 Å². The van der Waals surface area contributed by atoms with E-state index in [1.54, 1.807) is 4.90 Å². The highest BCUT2D eigenvalue weighted by molar-refractivity contribution is 5.87. The fourth-order valence-electron chi connectivity index (χ4n) is 4.19. The van der Waals surface area contributed by atoms with Crippen molar-refractivity contribution in [2.24, 2.45) is 0 Å². The number of hydrogen-bond donors (Lipinski definition) is 1. The van der Waals surface area contributed by atoms with Gasteiger partial charge in [-0.05, 0) is 25.5 Å². The summed E-state index contributed by atoms with van der Waals surface area (Å²) in [6.45, 7) is 6.66. The zero-order valence-electron chi connectivity index (χ0n) is 14.9. The molecule has 2 amide bonds. The minimum Gasteiger partial charge on any atom is -0.441 e. The average Bonchev–Trinajstić information content (AvgIpc) is 3.15. The second-order valence-corrected chi connectivity index (χ2v) is 7.45. The monoisotopic (exact) mass is 343 g/mol. The van der Waals surface area contributed by atoms with Crippen molar-refractivity contribution < 1.29 is 14.3 Å². The lowest BCUT2D eigenvalue weighted by molar-refractivity contribution is -0.135. The lowest BCUT2D eigenvalue weighted by Crippen LogP contribution is -2.52. The van der Waals surface area contributed by atoms with Crippen molar-refractivity contribution in [1.29, 1.82) is 0 Å². The molecule has 0 radical (unpaired) electrons. The molecule has 6 heteroatoms. The molecular weight excluding hydrogens is 318 g/mol. The summed E-state index contributed by atoms with van der Waals surface area (Å²) in [4.78, 5) is 28.4. The van der Waals surface area contributed by atoms with Gasteiger partial charge in [-0.3, -0.25) is 4.79 Å². The molecule has 0 saturated carbocycles. The van der Waals surface area contributed by atoms with E-state index in [0.29, 0.717) is 26.2 Å². The molecule has 2 fully saturated rings. The number of amides is 2. The first kappa shape index (κ1) is 16.2. The van der Waals surface area contributed by atoms with Gasteiger partial charge >= 0.3 is 6.09 Å². The highest BCUT2D eigenvalue weighted by atomic mass is 16.6. The summed E-state index contributed by atoms with van der Waals surface area (Å²) in [5.41, 5.74) is 3.11. The van der Waals surface area contributed by atoms with Gasteiger partial charge < -0.3 is 19.9 Å². The summed E-state index contributed by atoms with van der Waals surface area (Å²) in [5, 5.41) is 3.36. The lowest BCUT2D eigenvalue weighted by Gasteiger charge is -2.38. The van der Waals surface area contributed by atoms with E-state index >= 15 is 0 Å². The van der Waals surface area contributed by atoms with Crippen LogP contribution < -0.4 is 5.32 Å². The number of likely N-dealkylation sites (N-methyl/N-ethyl adjacent to an activating group) is 1. The third-order valence-electron chi connectivity index (χ3n) is 5.72. The Morgan fingerprint density at radius 3 is 2.80 bits per heavy atom. The molecule has 3 heterocycles. The van der Waals surface area contributed by atoms with Gasteiger partial charge in [0, 0.05) is 44.6 Å². The topological polar surface area (TPSA) is 61.9 Å². The minimum absolute atomic E-state index is 0.153. The zero-order valence-corrected chi connectivity index (χ0v) is 14.9. The molecule has 6 nitrogen and oxygen atoms in total. The highest BCUT2D eigenvalue weighted by Crippen LogP contribution is 2.34. The molecule has 0 aliphatic carbocycles. The third-order valence-corrected chi connectivity index (χ3v) is 5.72. The second kappa shape index (κ2) is 5.93. The molecule has 134 valence electrons.